The first-order chi connectivity index (χ1) is 12.1. The Morgan fingerprint density at radius 1 is 1.12 bits per heavy atom. The second-order valence-corrected chi connectivity index (χ2v) is 6.28. The number of aryl methyl sites for hydroxylation is 1. The Kier molecular flexibility index (Phi) is 3.66. The van der Waals surface area contributed by atoms with Crippen LogP contribution in [0.4, 0.5) is 0 Å². The van der Waals surface area contributed by atoms with Gasteiger partial charge in [0.2, 0.25) is 5.91 Å². The molecule has 5 nitrogen and oxygen atoms in total. The van der Waals surface area contributed by atoms with E-state index in [4.69, 9.17) is 21.9 Å². The highest BCUT2D eigenvalue weighted by Gasteiger charge is 2.33. The van der Waals surface area contributed by atoms with Crippen molar-refractivity contribution in [3.05, 3.63) is 76.1 Å². The van der Waals surface area contributed by atoms with E-state index in [1.165, 1.54) is 0 Å². The molecule has 124 valence electrons. The average Bonchev–Trinajstić information content (AvgIpc) is 2.90. The van der Waals surface area contributed by atoms with Crippen LogP contribution in [0.15, 0.2) is 58.0 Å². The monoisotopic (exact) mass is 351 g/mol. The van der Waals surface area contributed by atoms with Crippen LogP contribution in [0.5, 0.6) is 0 Å². The Morgan fingerprint density at radius 2 is 1.80 bits per heavy atom. The van der Waals surface area contributed by atoms with Crippen LogP contribution in [0.25, 0.3) is 11.1 Å². The molecule has 25 heavy (non-hydrogen) atoms. The van der Waals surface area contributed by atoms with E-state index in [2.05, 4.69) is 10.1 Å². The molecule has 1 amide bonds. The number of aromatic nitrogens is 1. The summed E-state index contributed by atoms with van der Waals surface area (Å²) < 4.78 is 5.42. The number of halogens is 1. The van der Waals surface area contributed by atoms with Crippen LogP contribution < -0.4 is 5.73 Å². The summed E-state index contributed by atoms with van der Waals surface area (Å²) in [6.07, 6.45) is 0. The molecule has 0 saturated heterocycles. The van der Waals surface area contributed by atoms with E-state index in [0.717, 1.165) is 22.3 Å². The van der Waals surface area contributed by atoms with Gasteiger partial charge in [0.15, 0.2) is 11.8 Å². The number of hydrogen-bond donors (Lipinski definition) is 1. The molecule has 1 unspecified atom stereocenters. The largest absolute Gasteiger partial charge is 0.367 e. The van der Waals surface area contributed by atoms with Gasteiger partial charge in [-0.2, -0.15) is 0 Å². The number of nitrogens with two attached hydrogens (primary N) is 1. The molecule has 1 aliphatic heterocycles. The Labute approximate surface area is 149 Å². The van der Waals surface area contributed by atoms with Crippen molar-refractivity contribution < 1.29 is 9.32 Å². The molecule has 6 heteroatoms. The van der Waals surface area contributed by atoms with Gasteiger partial charge in [-0.05, 0) is 24.6 Å². The summed E-state index contributed by atoms with van der Waals surface area (Å²) in [5.41, 5.74) is 10.4. The molecule has 3 aromatic rings. The molecule has 2 aromatic carbocycles. The van der Waals surface area contributed by atoms with E-state index in [-0.39, 0.29) is 0 Å². The number of carbonyl (C=O) groups is 1. The van der Waals surface area contributed by atoms with Crippen LogP contribution in [0.2, 0.25) is 5.02 Å². The predicted molar refractivity (Wildman–Crippen MR) is 95.7 cm³/mol. The second-order valence-electron chi connectivity index (χ2n) is 5.84. The summed E-state index contributed by atoms with van der Waals surface area (Å²) in [5.74, 6) is -0.210. The smallest absolute Gasteiger partial charge is 0.250 e. The average molecular weight is 352 g/mol. The first kappa shape index (κ1) is 15.6. The van der Waals surface area contributed by atoms with Crippen molar-refractivity contribution in [2.45, 2.75) is 13.0 Å². The minimum absolute atomic E-state index is 0.376. The van der Waals surface area contributed by atoms with Crippen LogP contribution in [0.1, 0.15) is 28.6 Å². The van der Waals surface area contributed by atoms with Crippen LogP contribution in [0.3, 0.4) is 0 Å². The van der Waals surface area contributed by atoms with E-state index in [1.54, 1.807) is 12.1 Å². The number of rotatable bonds is 2. The quantitative estimate of drug-likeness (QED) is 0.764. The molecule has 2 N–H and O–H groups in total. The van der Waals surface area contributed by atoms with E-state index in [9.17, 15) is 4.79 Å². The molecule has 1 aromatic heterocycles. The fourth-order valence-corrected chi connectivity index (χ4v) is 3.22. The van der Waals surface area contributed by atoms with Gasteiger partial charge >= 0.3 is 0 Å². The standard InChI is InChI=1S/C19H14ClN3O2/c1-10-15-13-4-2-3-5-14(13)16(11-6-8-12(20)9-7-11)22-17(19(21)24)18(15)25-23-10/h2-9,17H,1H3,(H2,21,24). The van der Waals surface area contributed by atoms with Gasteiger partial charge in [0.05, 0.1) is 17.0 Å². The normalized spacial score (nSPS) is 15.8. The maximum atomic E-state index is 12.1. The zero-order valence-electron chi connectivity index (χ0n) is 13.4. The highest BCUT2D eigenvalue weighted by Crippen LogP contribution is 2.39. The van der Waals surface area contributed by atoms with Crippen molar-refractivity contribution in [3.63, 3.8) is 0 Å². The van der Waals surface area contributed by atoms with Gasteiger partial charge in [0, 0.05) is 16.1 Å². The SMILES string of the molecule is Cc1noc2c1-c1ccccc1C(c1ccc(Cl)cc1)=NC2C(N)=O. The molecule has 4 rings (SSSR count). The topological polar surface area (TPSA) is 81.5 Å². The fraction of sp³-hybridized carbons (Fsp3) is 0.105. The van der Waals surface area contributed by atoms with Gasteiger partial charge in [-0.25, -0.2) is 0 Å². The number of nitrogens with zero attached hydrogens (tertiary/aromatic N) is 2. The van der Waals surface area contributed by atoms with Gasteiger partial charge in [0.25, 0.3) is 0 Å². The van der Waals surface area contributed by atoms with Crippen molar-refractivity contribution in [1.29, 1.82) is 0 Å². The molecule has 0 spiro atoms. The summed E-state index contributed by atoms with van der Waals surface area (Å²) in [5, 5.41) is 4.64. The van der Waals surface area contributed by atoms with E-state index in [0.29, 0.717) is 22.2 Å². The van der Waals surface area contributed by atoms with Gasteiger partial charge < -0.3 is 10.3 Å². The highest BCUT2D eigenvalue weighted by atomic mass is 35.5. The van der Waals surface area contributed by atoms with Gasteiger partial charge in [-0.1, -0.05) is 53.2 Å². The number of primary amides is 1. The molecule has 1 aliphatic rings. The van der Waals surface area contributed by atoms with Gasteiger partial charge in [-0.3, -0.25) is 9.79 Å². The third kappa shape index (κ3) is 2.53. The maximum Gasteiger partial charge on any atom is 0.250 e. The molecule has 0 saturated carbocycles. The lowest BCUT2D eigenvalue weighted by Crippen LogP contribution is -2.21. The lowest BCUT2D eigenvalue weighted by Gasteiger charge is -2.10. The first-order valence-electron chi connectivity index (χ1n) is 7.75. The zero-order chi connectivity index (χ0) is 17.6. The first-order valence-corrected chi connectivity index (χ1v) is 8.13. The maximum absolute atomic E-state index is 12.1. The Hall–Kier alpha value is -2.92. The molecule has 2 heterocycles. The molecule has 0 fully saturated rings. The number of amides is 1. The third-order valence-electron chi connectivity index (χ3n) is 4.23. The van der Waals surface area contributed by atoms with Gasteiger partial charge in [0.1, 0.15) is 0 Å². The van der Waals surface area contributed by atoms with E-state index >= 15 is 0 Å². The van der Waals surface area contributed by atoms with E-state index < -0.39 is 11.9 Å². The number of fused-ring (bicyclic) bond motifs is 3. The highest BCUT2D eigenvalue weighted by molar-refractivity contribution is 6.30. The van der Waals surface area contributed by atoms with Crippen LogP contribution in [-0.2, 0) is 4.79 Å². The fourth-order valence-electron chi connectivity index (χ4n) is 3.10. The van der Waals surface area contributed by atoms with Crippen molar-refractivity contribution in [2.24, 2.45) is 10.7 Å². The number of benzene rings is 2. The lowest BCUT2D eigenvalue weighted by molar-refractivity contribution is -0.119. The number of aliphatic imine (C=N–C) groups is 1. The van der Waals surface area contributed by atoms with Crippen molar-refractivity contribution >= 4 is 23.2 Å². The molecule has 0 aliphatic carbocycles. The molecular formula is C19H14ClN3O2. The summed E-state index contributed by atoms with van der Waals surface area (Å²) in [4.78, 5) is 16.7. The summed E-state index contributed by atoms with van der Waals surface area (Å²) in [7, 11) is 0. The number of hydrogen-bond acceptors (Lipinski definition) is 4. The van der Waals surface area contributed by atoms with E-state index in [1.807, 2.05) is 43.3 Å². The zero-order valence-corrected chi connectivity index (χ0v) is 14.1. The van der Waals surface area contributed by atoms with Crippen LogP contribution in [0, 0.1) is 6.92 Å². The summed E-state index contributed by atoms with van der Waals surface area (Å²) >= 11 is 6.00. The van der Waals surface area contributed by atoms with Crippen molar-refractivity contribution in [3.8, 4) is 11.1 Å². The lowest BCUT2D eigenvalue weighted by atomic mass is 9.93. The van der Waals surface area contributed by atoms with Crippen molar-refractivity contribution in [1.82, 2.24) is 5.16 Å². The Balaban J connectivity index is 2.04. The molecular weight excluding hydrogens is 338 g/mol. The second kappa shape index (κ2) is 5.86. The number of carbonyl (C=O) groups excluding carboxylic acids is 1. The third-order valence-corrected chi connectivity index (χ3v) is 4.49. The predicted octanol–water partition coefficient (Wildman–Crippen LogP) is 3.68. The Bertz CT molecular complexity index is 1010. The summed E-state index contributed by atoms with van der Waals surface area (Å²) in [6.45, 7) is 1.84. The van der Waals surface area contributed by atoms with Gasteiger partial charge in [-0.15, -0.1) is 0 Å². The van der Waals surface area contributed by atoms with Crippen molar-refractivity contribution in [2.75, 3.05) is 0 Å². The molecule has 0 bridgehead atoms. The van der Waals surface area contributed by atoms with Crippen LogP contribution in [-0.4, -0.2) is 16.8 Å². The Morgan fingerprint density at radius 3 is 2.48 bits per heavy atom. The minimum Gasteiger partial charge on any atom is -0.367 e. The summed E-state index contributed by atoms with van der Waals surface area (Å²) in [6, 6.07) is 14.2. The molecule has 1 atom stereocenters. The molecule has 0 radical (unpaired) electrons. The van der Waals surface area contributed by atoms with Crippen LogP contribution >= 0.6 is 11.6 Å². The minimum atomic E-state index is -0.936.